The van der Waals surface area contributed by atoms with E-state index in [-0.39, 0.29) is 0 Å². The van der Waals surface area contributed by atoms with Crippen molar-refractivity contribution in [3.63, 3.8) is 0 Å². The van der Waals surface area contributed by atoms with E-state index in [0.717, 1.165) is 17.6 Å². The molecule has 17 heavy (non-hydrogen) atoms. The Hall–Kier alpha value is -1.80. The minimum Gasteiger partial charge on any atom is -0.456 e. The minimum absolute atomic E-state index is 0.427. The Morgan fingerprint density at radius 1 is 1.18 bits per heavy atom. The monoisotopic (exact) mass is 246 g/mol. The van der Waals surface area contributed by atoms with Crippen LogP contribution in [0.5, 0.6) is 11.5 Å². The summed E-state index contributed by atoms with van der Waals surface area (Å²) in [7, 11) is 0. The van der Waals surface area contributed by atoms with Crippen LogP contribution in [0.1, 0.15) is 15.9 Å². The van der Waals surface area contributed by atoms with Crippen molar-refractivity contribution < 1.29 is 9.53 Å². The van der Waals surface area contributed by atoms with Gasteiger partial charge in [0.05, 0.1) is 5.02 Å². The normalized spacial score (nSPS) is 10.0. The van der Waals surface area contributed by atoms with Crippen molar-refractivity contribution in [2.45, 2.75) is 6.92 Å². The summed E-state index contributed by atoms with van der Waals surface area (Å²) in [4.78, 5) is 10.6. The van der Waals surface area contributed by atoms with Crippen LogP contribution in [0.2, 0.25) is 5.02 Å². The van der Waals surface area contributed by atoms with Crippen LogP contribution in [0.4, 0.5) is 0 Å². The molecule has 3 heteroatoms. The molecular weight excluding hydrogens is 236 g/mol. The van der Waals surface area contributed by atoms with Gasteiger partial charge in [-0.2, -0.15) is 0 Å². The summed E-state index contributed by atoms with van der Waals surface area (Å²) in [6.45, 7) is 1.99. The average Bonchev–Trinajstić information content (AvgIpc) is 2.32. The summed E-state index contributed by atoms with van der Waals surface area (Å²) in [6.07, 6.45) is 0.752. The van der Waals surface area contributed by atoms with E-state index in [1.807, 2.05) is 31.2 Å². The van der Waals surface area contributed by atoms with Crippen LogP contribution in [-0.4, -0.2) is 6.29 Å². The lowest BCUT2D eigenvalue weighted by atomic mass is 10.2. The van der Waals surface area contributed by atoms with Gasteiger partial charge in [-0.15, -0.1) is 0 Å². The molecule has 0 unspecified atom stereocenters. The van der Waals surface area contributed by atoms with Crippen LogP contribution in [0, 0.1) is 6.92 Å². The second-order valence-electron chi connectivity index (χ2n) is 3.73. The Bertz CT molecular complexity index is 550. The molecule has 0 bridgehead atoms. The van der Waals surface area contributed by atoms with Gasteiger partial charge in [-0.05, 0) is 42.8 Å². The number of hydrogen-bond acceptors (Lipinski definition) is 2. The summed E-state index contributed by atoms with van der Waals surface area (Å²) < 4.78 is 5.64. The quantitative estimate of drug-likeness (QED) is 0.757. The number of aldehydes is 1. The van der Waals surface area contributed by atoms with E-state index in [4.69, 9.17) is 16.3 Å². The molecule has 0 aromatic heterocycles. The lowest BCUT2D eigenvalue weighted by Gasteiger charge is -2.08. The molecule has 0 amide bonds. The van der Waals surface area contributed by atoms with Gasteiger partial charge >= 0.3 is 0 Å². The highest BCUT2D eigenvalue weighted by atomic mass is 35.5. The number of halogens is 1. The minimum atomic E-state index is 0.427. The first-order valence-electron chi connectivity index (χ1n) is 5.18. The molecular formula is C14H11ClO2. The van der Waals surface area contributed by atoms with Crippen molar-refractivity contribution in [2.75, 3.05) is 0 Å². The number of aryl methyl sites for hydroxylation is 1. The molecule has 0 spiro atoms. The first kappa shape index (κ1) is 11.7. The number of benzene rings is 2. The third kappa shape index (κ3) is 2.86. The van der Waals surface area contributed by atoms with E-state index in [2.05, 4.69) is 0 Å². The van der Waals surface area contributed by atoms with E-state index in [1.165, 1.54) is 0 Å². The first-order valence-corrected chi connectivity index (χ1v) is 5.56. The van der Waals surface area contributed by atoms with Crippen LogP contribution in [-0.2, 0) is 0 Å². The molecule has 0 atom stereocenters. The maximum atomic E-state index is 10.6. The van der Waals surface area contributed by atoms with E-state index < -0.39 is 0 Å². The van der Waals surface area contributed by atoms with Gasteiger partial charge in [0.2, 0.25) is 0 Å². The Morgan fingerprint density at radius 2 is 2.00 bits per heavy atom. The van der Waals surface area contributed by atoms with Gasteiger partial charge in [0.25, 0.3) is 0 Å². The largest absolute Gasteiger partial charge is 0.456 e. The summed E-state index contributed by atoms with van der Waals surface area (Å²) in [5.41, 5.74) is 1.65. The number of carbonyl (C=O) groups excluding carboxylic acids is 1. The van der Waals surface area contributed by atoms with Gasteiger partial charge < -0.3 is 4.74 Å². The maximum absolute atomic E-state index is 10.6. The van der Waals surface area contributed by atoms with Gasteiger partial charge in [0.1, 0.15) is 17.8 Å². The standard InChI is InChI=1S/C14H11ClO2/c1-10-3-2-4-12(7-10)17-14-6-5-11(9-16)8-13(14)15/h2-9H,1H3. The number of ether oxygens (including phenoxy) is 1. The maximum Gasteiger partial charge on any atom is 0.150 e. The van der Waals surface area contributed by atoms with Crippen molar-refractivity contribution in [3.05, 3.63) is 58.6 Å². The molecule has 0 radical (unpaired) electrons. The molecule has 0 saturated heterocycles. The van der Waals surface area contributed by atoms with Crippen molar-refractivity contribution in [2.24, 2.45) is 0 Å². The highest BCUT2D eigenvalue weighted by molar-refractivity contribution is 6.32. The zero-order valence-corrected chi connectivity index (χ0v) is 10.1. The zero-order chi connectivity index (χ0) is 12.3. The molecule has 2 nitrogen and oxygen atoms in total. The van der Waals surface area contributed by atoms with Gasteiger partial charge in [0.15, 0.2) is 0 Å². The van der Waals surface area contributed by atoms with E-state index in [9.17, 15) is 4.79 Å². The smallest absolute Gasteiger partial charge is 0.150 e. The fourth-order valence-electron chi connectivity index (χ4n) is 1.48. The molecule has 0 fully saturated rings. The molecule has 0 N–H and O–H groups in total. The Labute approximate surface area is 105 Å². The lowest BCUT2D eigenvalue weighted by Crippen LogP contribution is -1.87. The van der Waals surface area contributed by atoms with Crippen LogP contribution >= 0.6 is 11.6 Å². The second kappa shape index (κ2) is 5.02. The molecule has 86 valence electrons. The van der Waals surface area contributed by atoms with Crippen LogP contribution in [0.15, 0.2) is 42.5 Å². The third-order valence-corrected chi connectivity index (χ3v) is 2.60. The fourth-order valence-corrected chi connectivity index (χ4v) is 1.71. The average molecular weight is 247 g/mol. The topological polar surface area (TPSA) is 26.3 Å². The van der Waals surface area contributed by atoms with Crippen LogP contribution in [0.3, 0.4) is 0 Å². The Morgan fingerprint density at radius 3 is 2.65 bits per heavy atom. The van der Waals surface area contributed by atoms with Crippen molar-refractivity contribution in [1.29, 1.82) is 0 Å². The van der Waals surface area contributed by atoms with E-state index >= 15 is 0 Å². The predicted molar refractivity (Wildman–Crippen MR) is 68.1 cm³/mol. The SMILES string of the molecule is Cc1cccc(Oc2ccc(C=O)cc2Cl)c1. The summed E-state index contributed by atoms with van der Waals surface area (Å²) in [5.74, 6) is 1.27. The number of rotatable bonds is 3. The van der Waals surface area contributed by atoms with Crippen LogP contribution in [0.25, 0.3) is 0 Å². The summed E-state index contributed by atoms with van der Waals surface area (Å²) in [5, 5.41) is 0.427. The third-order valence-electron chi connectivity index (χ3n) is 2.31. The summed E-state index contributed by atoms with van der Waals surface area (Å²) >= 11 is 6.01. The van der Waals surface area contributed by atoms with Gasteiger partial charge in [-0.3, -0.25) is 4.79 Å². The zero-order valence-electron chi connectivity index (χ0n) is 9.31. The lowest BCUT2D eigenvalue weighted by molar-refractivity contribution is 0.112. The van der Waals surface area contributed by atoms with Crippen molar-refractivity contribution in [3.8, 4) is 11.5 Å². The van der Waals surface area contributed by atoms with Crippen molar-refractivity contribution in [1.82, 2.24) is 0 Å². The van der Waals surface area contributed by atoms with Crippen molar-refractivity contribution >= 4 is 17.9 Å². The van der Waals surface area contributed by atoms with Gasteiger partial charge in [-0.25, -0.2) is 0 Å². The number of hydrogen-bond donors (Lipinski definition) is 0. The fraction of sp³-hybridized carbons (Fsp3) is 0.0714. The molecule has 2 aromatic carbocycles. The highest BCUT2D eigenvalue weighted by Crippen LogP contribution is 2.30. The Balaban J connectivity index is 2.27. The van der Waals surface area contributed by atoms with Crippen LogP contribution < -0.4 is 4.74 Å². The molecule has 0 aliphatic rings. The first-order chi connectivity index (χ1) is 8.19. The molecule has 0 heterocycles. The second-order valence-corrected chi connectivity index (χ2v) is 4.13. The van der Waals surface area contributed by atoms with E-state index in [0.29, 0.717) is 16.3 Å². The highest BCUT2D eigenvalue weighted by Gasteiger charge is 2.04. The number of carbonyl (C=O) groups is 1. The molecule has 0 aliphatic carbocycles. The van der Waals surface area contributed by atoms with E-state index in [1.54, 1.807) is 18.2 Å². The molecule has 0 saturated carbocycles. The molecule has 2 rings (SSSR count). The molecule has 2 aromatic rings. The van der Waals surface area contributed by atoms with Gasteiger partial charge in [-0.1, -0.05) is 23.7 Å². The molecule has 0 aliphatic heterocycles. The summed E-state index contributed by atoms with van der Waals surface area (Å²) in [6, 6.07) is 12.6. The predicted octanol–water partition coefficient (Wildman–Crippen LogP) is 4.25. The van der Waals surface area contributed by atoms with Gasteiger partial charge in [0, 0.05) is 5.56 Å². The Kier molecular flexibility index (Phi) is 3.45.